The molecule has 1 heterocycles. The van der Waals surface area contributed by atoms with Gasteiger partial charge in [0.2, 0.25) is 5.90 Å². The van der Waals surface area contributed by atoms with Gasteiger partial charge in [-0.25, -0.2) is 9.79 Å². The first-order chi connectivity index (χ1) is 16.9. The molecule has 0 radical (unpaired) electrons. The number of carbonyl (C=O) groups is 1. The van der Waals surface area contributed by atoms with Crippen molar-refractivity contribution in [2.75, 3.05) is 6.61 Å². The Kier molecular flexibility index (Phi) is 7.12. The van der Waals surface area contributed by atoms with Gasteiger partial charge in [-0.1, -0.05) is 41.9 Å². The Morgan fingerprint density at radius 1 is 1.09 bits per heavy atom. The number of carbonyl (C=O) groups excluding carboxylic acids is 1. The van der Waals surface area contributed by atoms with Crippen molar-refractivity contribution in [3.05, 3.63) is 104 Å². The second-order valence-electron chi connectivity index (χ2n) is 7.56. The average molecular weight is 493 g/mol. The molecule has 0 saturated carbocycles. The standard InChI is InChI=1S/C26H21ClN2O6/c1-3-33-24-14-17(11-12-23(24)34-15-18-7-4-5-9-20(18)27)13-21-26(30)35-25(28-21)19-8-6-10-22(16(19)2)29(31)32/h4-14H,3,15H2,1-2H3/b21-13-. The summed E-state index contributed by atoms with van der Waals surface area (Å²) in [5.41, 5.74) is 2.23. The van der Waals surface area contributed by atoms with Crippen molar-refractivity contribution in [2.45, 2.75) is 20.5 Å². The molecule has 178 valence electrons. The van der Waals surface area contributed by atoms with Crippen LogP contribution in [0.2, 0.25) is 5.02 Å². The van der Waals surface area contributed by atoms with E-state index in [0.29, 0.717) is 39.8 Å². The number of hydrogen-bond donors (Lipinski definition) is 0. The molecule has 0 N–H and O–H groups in total. The van der Waals surface area contributed by atoms with Crippen molar-refractivity contribution in [2.24, 2.45) is 4.99 Å². The van der Waals surface area contributed by atoms with Crippen molar-refractivity contribution >= 4 is 35.2 Å². The quantitative estimate of drug-likeness (QED) is 0.168. The van der Waals surface area contributed by atoms with E-state index < -0.39 is 10.9 Å². The largest absolute Gasteiger partial charge is 0.490 e. The number of cyclic esters (lactones) is 1. The van der Waals surface area contributed by atoms with E-state index in [4.69, 9.17) is 25.8 Å². The van der Waals surface area contributed by atoms with Gasteiger partial charge in [0.15, 0.2) is 17.2 Å². The number of nitrogens with zero attached hydrogens (tertiary/aromatic N) is 2. The number of hydrogen-bond acceptors (Lipinski definition) is 7. The molecule has 0 atom stereocenters. The summed E-state index contributed by atoms with van der Waals surface area (Å²) in [6, 6.07) is 17.2. The number of rotatable bonds is 8. The zero-order valence-electron chi connectivity index (χ0n) is 19.0. The minimum absolute atomic E-state index is 0.0205. The number of nitro groups is 1. The monoisotopic (exact) mass is 492 g/mol. The van der Waals surface area contributed by atoms with Crippen LogP contribution in [0.5, 0.6) is 11.5 Å². The van der Waals surface area contributed by atoms with Crippen LogP contribution in [0.4, 0.5) is 5.69 Å². The van der Waals surface area contributed by atoms with Gasteiger partial charge in [0.05, 0.1) is 11.5 Å². The third kappa shape index (κ3) is 5.33. The van der Waals surface area contributed by atoms with E-state index in [1.807, 2.05) is 25.1 Å². The van der Waals surface area contributed by atoms with Gasteiger partial charge in [0, 0.05) is 27.8 Å². The van der Waals surface area contributed by atoms with Gasteiger partial charge in [-0.15, -0.1) is 0 Å². The van der Waals surface area contributed by atoms with Gasteiger partial charge in [-0.2, -0.15) is 0 Å². The van der Waals surface area contributed by atoms with Gasteiger partial charge in [-0.3, -0.25) is 10.1 Å². The van der Waals surface area contributed by atoms with Gasteiger partial charge in [0.1, 0.15) is 6.61 Å². The van der Waals surface area contributed by atoms with Crippen LogP contribution < -0.4 is 9.47 Å². The Morgan fingerprint density at radius 2 is 1.89 bits per heavy atom. The number of nitro benzene ring substituents is 1. The minimum Gasteiger partial charge on any atom is -0.490 e. The Bertz CT molecular complexity index is 1370. The van der Waals surface area contributed by atoms with Crippen molar-refractivity contribution in [1.29, 1.82) is 0 Å². The fourth-order valence-electron chi connectivity index (χ4n) is 3.51. The average Bonchev–Trinajstić information content (AvgIpc) is 3.19. The predicted octanol–water partition coefficient (Wildman–Crippen LogP) is 5.88. The summed E-state index contributed by atoms with van der Waals surface area (Å²) in [4.78, 5) is 27.5. The van der Waals surface area contributed by atoms with Crippen molar-refractivity contribution in [1.82, 2.24) is 0 Å². The van der Waals surface area contributed by atoms with Crippen LogP contribution >= 0.6 is 11.6 Å². The molecular formula is C26H21ClN2O6. The minimum atomic E-state index is -0.650. The zero-order valence-corrected chi connectivity index (χ0v) is 19.7. The lowest BCUT2D eigenvalue weighted by Gasteiger charge is -2.13. The number of esters is 1. The predicted molar refractivity (Wildman–Crippen MR) is 132 cm³/mol. The van der Waals surface area contributed by atoms with E-state index >= 15 is 0 Å². The molecule has 9 heteroatoms. The Labute approximate surface area is 206 Å². The first-order valence-electron chi connectivity index (χ1n) is 10.8. The highest BCUT2D eigenvalue weighted by molar-refractivity contribution is 6.31. The number of halogens is 1. The fourth-order valence-corrected chi connectivity index (χ4v) is 3.70. The first kappa shape index (κ1) is 24.0. The molecule has 1 aliphatic rings. The molecule has 0 aliphatic carbocycles. The first-order valence-corrected chi connectivity index (χ1v) is 11.1. The third-order valence-corrected chi connectivity index (χ3v) is 5.63. The van der Waals surface area contributed by atoms with Crippen LogP contribution in [-0.4, -0.2) is 23.4 Å². The van der Waals surface area contributed by atoms with Crippen LogP contribution in [-0.2, 0) is 16.1 Å². The molecule has 0 bridgehead atoms. The highest BCUT2D eigenvalue weighted by Crippen LogP contribution is 2.32. The summed E-state index contributed by atoms with van der Waals surface area (Å²) >= 11 is 6.21. The van der Waals surface area contributed by atoms with E-state index in [2.05, 4.69) is 4.99 Å². The van der Waals surface area contributed by atoms with Crippen LogP contribution in [0.15, 0.2) is 71.4 Å². The molecule has 0 saturated heterocycles. The Balaban J connectivity index is 1.60. The van der Waals surface area contributed by atoms with Crippen molar-refractivity contribution in [3.63, 3.8) is 0 Å². The van der Waals surface area contributed by atoms with Gasteiger partial charge < -0.3 is 14.2 Å². The summed E-state index contributed by atoms with van der Waals surface area (Å²) in [7, 11) is 0. The van der Waals surface area contributed by atoms with E-state index in [9.17, 15) is 14.9 Å². The van der Waals surface area contributed by atoms with Gasteiger partial charge in [0.25, 0.3) is 5.69 Å². The summed E-state index contributed by atoms with van der Waals surface area (Å²) in [6.07, 6.45) is 1.56. The molecule has 0 aromatic heterocycles. The molecule has 0 spiro atoms. The zero-order chi connectivity index (χ0) is 24.9. The molecule has 8 nitrogen and oxygen atoms in total. The maximum atomic E-state index is 12.5. The summed E-state index contributed by atoms with van der Waals surface area (Å²) in [5, 5.41) is 11.8. The molecule has 0 unspecified atom stereocenters. The maximum Gasteiger partial charge on any atom is 0.363 e. The molecule has 3 aromatic carbocycles. The highest BCUT2D eigenvalue weighted by atomic mass is 35.5. The van der Waals surface area contributed by atoms with Crippen LogP contribution in [0.3, 0.4) is 0 Å². The maximum absolute atomic E-state index is 12.5. The summed E-state index contributed by atoms with van der Waals surface area (Å²) in [5.74, 6) is 0.397. The molecule has 3 aromatic rings. The number of ether oxygens (including phenoxy) is 3. The third-order valence-electron chi connectivity index (χ3n) is 5.26. The van der Waals surface area contributed by atoms with Crippen molar-refractivity contribution in [3.8, 4) is 11.5 Å². The van der Waals surface area contributed by atoms with E-state index in [1.165, 1.54) is 12.1 Å². The van der Waals surface area contributed by atoms with Crippen molar-refractivity contribution < 1.29 is 23.9 Å². The van der Waals surface area contributed by atoms with E-state index in [0.717, 1.165) is 5.56 Å². The lowest BCUT2D eigenvalue weighted by atomic mass is 10.1. The normalized spacial score (nSPS) is 14.0. The second-order valence-corrected chi connectivity index (χ2v) is 7.97. The molecular weight excluding hydrogens is 472 g/mol. The number of benzene rings is 3. The molecule has 1 aliphatic heterocycles. The lowest BCUT2D eigenvalue weighted by Crippen LogP contribution is -2.08. The molecule has 0 amide bonds. The van der Waals surface area contributed by atoms with Gasteiger partial charge in [-0.05, 0) is 49.8 Å². The Hall–Kier alpha value is -4.17. The summed E-state index contributed by atoms with van der Waals surface area (Å²) in [6.45, 7) is 4.12. The van der Waals surface area contributed by atoms with Crippen LogP contribution in [0.1, 0.15) is 29.2 Å². The summed E-state index contributed by atoms with van der Waals surface area (Å²) < 4.78 is 16.9. The number of aliphatic imine (C=N–C) groups is 1. The SMILES string of the molecule is CCOc1cc(/C=C2\N=C(c3cccc([N+](=O)[O-])c3C)OC2=O)ccc1OCc1ccccc1Cl. The molecule has 35 heavy (non-hydrogen) atoms. The second kappa shape index (κ2) is 10.4. The fraction of sp³-hybridized carbons (Fsp3) is 0.154. The van der Waals surface area contributed by atoms with Gasteiger partial charge >= 0.3 is 5.97 Å². The van der Waals surface area contributed by atoms with E-state index in [1.54, 1.807) is 43.3 Å². The lowest BCUT2D eigenvalue weighted by molar-refractivity contribution is -0.385. The van der Waals surface area contributed by atoms with E-state index in [-0.39, 0.29) is 23.9 Å². The molecule has 4 rings (SSSR count). The molecule has 0 fully saturated rings. The smallest absolute Gasteiger partial charge is 0.363 e. The topological polar surface area (TPSA) is 100 Å². The van der Waals surface area contributed by atoms with Crippen LogP contribution in [0, 0.1) is 17.0 Å². The van der Waals surface area contributed by atoms with Crippen LogP contribution in [0.25, 0.3) is 6.08 Å². The Morgan fingerprint density at radius 3 is 2.63 bits per heavy atom. The highest BCUT2D eigenvalue weighted by Gasteiger charge is 2.27.